The number of unbranched alkanes of at least 4 members (excludes halogenated alkanes) is 8. The summed E-state index contributed by atoms with van der Waals surface area (Å²) in [7, 11) is 0. The van der Waals surface area contributed by atoms with Crippen LogP contribution in [0.15, 0.2) is 0 Å². The van der Waals surface area contributed by atoms with E-state index in [9.17, 15) is 9.59 Å². The van der Waals surface area contributed by atoms with Crippen molar-refractivity contribution in [2.75, 3.05) is 79.3 Å². The fourth-order valence-electron chi connectivity index (χ4n) is 3.30. The van der Waals surface area contributed by atoms with Crippen LogP contribution < -0.4 is 0 Å². The first kappa shape index (κ1) is 35.7. The molecule has 9 nitrogen and oxygen atoms in total. The van der Waals surface area contributed by atoms with Gasteiger partial charge in [0.05, 0.1) is 66.1 Å². The number of rotatable bonds is 30. The Kier molecular flexibility index (Phi) is 29.9. The van der Waals surface area contributed by atoms with Gasteiger partial charge in [0.2, 0.25) is 0 Å². The zero-order valence-corrected chi connectivity index (χ0v) is 23.6. The van der Waals surface area contributed by atoms with Gasteiger partial charge in [-0.05, 0) is 12.8 Å². The SMILES string of the molecule is CCCCCCCC(=O)OCCOCCOCCOCCOCCOCCOC(=O)CCCCCCC. The summed E-state index contributed by atoms with van der Waals surface area (Å²) in [6.07, 6.45) is 12.2. The first-order valence-corrected chi connectivity index (χ1v) is 14.4. The van der Waals surface area contributed by atoms with E-state index >= 15 is 0 Å². The van der Waals surface area contributed by atoms with Crippen LogP contribution in [0.25, 0.3) is 0 Å². The number of hydrogen-bond donors (Lipinski definition) is 0. The molecule has 0 saturated carbocycles. The predicted octanol–water partition coefficient (Wildman–Crippen LogP) is 4.88. The lowest BCUT2D eigenvalue weighted by Gasteiger charge is -2.08. The molecule has 0 radical (unpaired) electrons. The van der Waals surface area contributed by atoms with Gasteiger partial charge in [0.1, 0.15) is 13.2 Å². The van der Waals surface area contributed by atoms with Gasteiger partial charge < -0.3 is 33.2 Å². The monoisotopic (exact) mass is 534 g/mol. The van der Waals surface area contributed by atoms with Crippen molar-refractivity contribution < 1.29 is 42.7 Å². The lowest BCUT2D eigenvalue weighted by Crippen LogP contribution is -2.15. The highest BCUT2D eigenvalue weighted by Gasteiger charge is 2.03. The van der Waals surface area contributed by atoms with E-state index in [1.54, 1.807) is 0 Å². The minimum absolute atomic E-state index is 0.147. The number of carbonyl (C=O) groups excluding carboxylic acids is 2. The van der Waals surface area contributed by atoms with E-state index in [0.717, 1.165) is 25.7 Å². The molecular formula is C28H54O9. The van der Waals surface area contributed by atoms with Crippen molar-refractivity contribution in [1.29, 1.82) is 0 Å². The van der Waals surface area contributed by atoms with Gasteiger partial charge in [-0.2, -0.15) is 0 Å². The second-order valence-electron chi connectivity index (χ2n) is 8.83. The van der Waals surface area contributed by atoms with Crippen LogP contribution in [-0.4, -0.2) is 91.2 Å². The molecule has 0 fully saturated rings. The summed E-state index contributed by atoms with van der Waals surface area (Å²) in [5.41, 5.74) is 0. The van der Waals surface area contributed by atoms with Gasteiger partial charge in [-0.3, -0.25) is 9.59 Å². The molecular weight excluding hydrogens is 480 g/mol. The minimum Gasteiger partial charge on any atom is -0.463 e. The molecule has 0 bridgehead atoms. The Morgan fingerprint density at radius 2 is 0.649 bits per heavy atom. The summed E-state index contributed by atoms with van der Waals surface area (Å²) in [5.74, 6) is -0.294. The van der Waals surface area contributed by atoms with Crippen LogP contribution >= 0.6 is 0 Å². The Labute approximate surface area is 225 Å². The van der Waals surface area contributed by atoms with Crippen LogP contribution in [0, 0.1) is 0 Å². The third kappa shape index (κ3) is 30.9. The van der Waals surface area contributed by atoms with Gasteiger partial charge in [-0.15, -0.1) is 0 Å². The number of esters is 2. The molecule has 0 aliphatic carbocycles. The fourth-order valence-corrected chi connectivity index (χ4v) is 3.30. The summed E-state index contributed by atoms with van der Waals surface area (Å²) in [6, 6.07) is 0. The van der Waals surface area contributed by atoms with E-state index in [2.05, 4.69) is 13.8 Å². The van der Waals surface area contributed by atoms with Gasteiger partial charge in [0.15, 0.2) is 0 Å². The molecule has 0 spiro atoms. The Morgan fingerprint density at radius 1 is 0.378 bits per heavy atom. The molecule has 0 aromatic heterocycles. The summed E-state index contributed by atoms with van der Waals surface area (Å²) >= 11 is 0. The molecule has 37 heavy (non-hydrogen) atoms. The lowest BCUT2D eigenvalue weighted by molar-refractivity contribution is -0.146. The van der Waals surface area contributed by atoms with Crippen molar-refractivity contribution in [3.05, 3.63) is 0 Å². The summed E-state index contributed by atoms with van der Waals surface area (Å²) < 4.78 is 37.4. The fraction of sp³-hybridized carbons (Fsp3) is 0.929. The molecule has 0 atom stereocenters. The molecule has 0 amide bonds. The van der Waals surface area contributed by atoms with Gasteiger partial charge >= 0.3 is 11.9 Å². The van der Waals surface area contributed by atoms with Gasteiger partial charge in [0, 0.05) is 12.8 Å². The largest absolute Gasteiger partial charge is 0.463 e. The van der Waals surface area contributed by atoms with E-state index in [-0.39, 0.29) is 25.2 Å². The van der Waals surface area contributed by atoms with E-state index in [4.69, 9.17) is 33.2 Å². The van der Waals surface area contributed by atoms with Crippen molar-refractivity contribution in [1.82, 2.24) is 0 Å². The molecule has 0 rings (SSSR count). The third-order valence-corrected chi connectivity index (χ3v) is 5.44. The van der Waals surface area contributed by atoms with Crippen molar-refractivity contribution >= 4 is 11.9 Å². The second-order valence-corrected chi connectivity index (χ2v) is 8.83. The van der Waals surface area contributed by atoms with E-state index in [1.807, 2.05) is 0 Å². The average molecular weight is 535 g/mol. The van der Waals surface area contributed by atoms with Crippen molar-refractivity contribution in [2.24, 2.45) is 0 Å². The van der Waals surface area contributed by atoms with Crippen LogP contribution in [-0.2, 0) is 42.7 Å². The molecule has 0 aromatic rings. The molecule has 0 aromatic carbocycles. The highest BCUT2D eigenvalue weighted by atomic mass is 16.6. The van der Waals surface area contributed by atoms with Crippen molar-refractivity contribution in [2.45, 2.75) is 90.9 Å². The van der Waals surface area contributed by atoms with Crippen molar-refractivity contribution in [3.63, 3.8) is 0 Å². The molecule has 220 valence electrons. The molecule has 0 saturated heterocycles. The zero-order valence-electron chi connectivity index (χ0n) is 23.6. The molecule has 0 N–H and O–H groups in total. The predicted molar refractivity (Wildman–Crippen MR) is 143 cm³/mol. The van der Waals surface area contributed by atoms with E-state index in [0.29, 0.717) is 78.9 Å². The van der Waals surface area contributed by atoms with E-state index < -0.39 is 0 Å². The Bertz CT molecular complexity index is 446. The Balaban J connectivity index is 3.16. The quantitative estimate of drug-likeness (QED) is 0.0943. The Hall–Kier alpha value is -1.26. The summed E-state index contributed by atoms with van der Waals surface area (Å²) in [5, 5.41) is 0. The third-order valence-electron chi connectivity index (χ3n) is 5.44. The second kappa shape index (κ2) is 31.0. The highest BCUT2D eigenvalue weighted by Crippen LogP contribution is 2.06. The van der Waals surface area contributed by atoms with E-state index in [1.165, 1.54) is 38.5 Å². The van der Waals surface area contributed by atoms with Crippen LogP contribution in [0.3, 0.4) is 0 Å². The smallest absolute Gasteiger partial charge is 0.305 e. The first-order chi connectivity index (χ1) is 18.2. The molecule has 0 unspecified atom stereocenters. The molecule has 0 aliphatic heterocycles. The number of hydrogen-bond acceptors (Lipinski definition) is 9. The minimum atomic E-state index is -0.147. The molecule has 0 aliphatic rings. The highest BCUT2D eigenvalue weighted by molar-refractivity contribution is 5.69. The maximum Gasteiger partial charge on any atom is 0.305 e. The first-order valence-electron chi connectivity index (χ1n) is 14.4. The standard InChI is InChI=1S/C28H54O9/c1-3-5-7-9-11-13-27(29)36-25-23-34-21-19-32-17-15-31-16-18-33-20-22-35-24-26-37-28(30)14-12-10-8-6-4-2/h3-26H2,1-2H3. The normalized spacial score (nSPS) is 11.1. The zero-order chi connectivity index (χ0) is 27.1. The van der Waals surface area contributed by atoms with Gasteiger partial charge in [-0.1, -0.05) is 65.2 Å². The number of ether oxygens (including phenoxy) is 7. The number of carbonyl (C=O) groups is 2. The van der Waals surface area contributed by atoms with Gasteiger partial charge in [0.25, 0.3) is 0 Å². The van der Waals surface area contributed by atoms with Crippen LogP contribution in [0.4, 0.5) is 0 Å². The maximum atomic E-state index is 11.6. The average Bonchev–Trinajstić information content (AvgIpc) is 2.89. The summed E-state index contributed by atoms with van der Waals surface area (Å²) in [6.45, 7) is 9.47. The van der Waals surface area contributed by atoms with Crippen molar-refractivity contribution in [3.8, 4) is 0 Å². The van der Waals surface area contributed by atoms with Crippen LogP contribution in [0.2, 0.25) is 0 Å². The summed E-state index contributed by atoms with van der Waals surface area (Å²) in [4.78, 5) is 23.1. The lowest BCUT2D eigenvalue weighted by atomic mass is 10.1. The molecule has 9 heteroatoms. The molecule has 0 heterocycles. The topological polar surface area (TPSA) is 98.8 Å². The maximum absolute atomic E-state index is 11.6. The van der Waals surface area contributed by atoms with Crippen LogP contribution in [0.1, 0.15) is 90.9 Å². The van der Waals surface area contributed by atoms with Crippen LogP contribution in [0.5, 0.6) is 0 Å². The Morgan fingerprint density at radius 3 is 0.946 bits per heavy atom. The van der Waals surface area contributed by atoms with Gasteiger partial charge in [-0.25, -0.2) is 0 Å².